The van der Waals surface area contributed by atoms with Gasteiger partial charge in [0, 0.05) is 26.2 Å². The molecule has 1 saturated heterocycles. The monoisotopic (exact) mass is 396 g/mol. The molecule has 7 heteroatoms. The quantitative estimate of drug-likeness (QED) is 0.861. The normalized spacial score (nSPS) is 25.7. The minimum Gasteiger partial charge on any atom is -0.393 e. The van der Waals surface area contributed by atoms with Crippen molar-refractivity contribution in [3.8, 4) is 0 Å². The predicted octanol–water partition coefficient (Wildman–Crippen LogP) is 2.04. The van der Waals surface area contributed by atoms with E-state index in [1.807, 2.05) is 22.6 Å². The number of nitrogens with zero attached hydrogens (tertiary/aromatic N) is 4. The molecule has 0 bridgehead atoms. The number of imidazole rings is 1. The van der Waals surface area contributed by atoms with Crippen LogP contribution in [0.5, 0.6) is 0 Å². The Morgan fingerprint density at radius 2 is 1.86 bits per heavy atom. The third-order valence-electron chi connectivity index (χ3n) is 6.80. The van der Waals surface area contributed by atoms with Crippen molar-refractivity contribution in [2.45, 2.75) is 56.6 Å². The highest BCUT2D eigenvalue weighted by Gasteiger charge is 2.35. The van der Waals surface area contributed by atoms with E-state index < -0.39 is 0 Å². The van der Waals surface area contributed by atoms with Crippen LogP contribution in [0.15, 0.2) is 18.2 Å². The van der Waals surface area contributed by atoms with Crippen LogP contribution in [0.1, 0.15) is 60.6 Å². The second kappa shape index (κ2) is 7.13. The molecule has 29 heavy (non-hydrogen) atoms. The molecule has 1 aromatic carbocycles. The van der Waals surface area contributed by atoms with E-state index >= 15 is 0 Å². The summed E-state index contributed by atoms with van der Waals surface area (Å²) in [5.74, 6) is 0.875. The van der Waals surface area contributed by atoms with E-state index in [4.69, 9.17) is 0 Å². The molecule has 1 aliphatic heterocycles. The molecule has 2 amide bonds. The Bertz CT molecular complexity index is 956. The fraction of sp³-hybridized carbons (Fsp3) is 0.591. The van der Waals surface area contributed by atoms with Crippen molar-refractivity contribution in [1.29, 1.82) is 0 Å². The molecular weight excluding hydrogens is 368 g/mol. The lowest BCUT2D eigenvalue weighted by molar-refractivity contribution is -0.138. The standard InChI is InChI=1S/C22H28N4O3/c1-24-19-12-15(14-2-3-14)4-9-18(19)23-21(24)22(29)25-10-11-26(20(28)13-25)16-5-7-17(27)8-6-16/h4,9,12,14,16-17,27H,2-3,5-8,10-11,13H2,1H3. The molecule has 0 atom stereocenters. The van der Waals surface area contributed by atoms with Gasteiger partial charge >= 0.3 is 0 Å². The molecule has 2 aliphatic carbocycles. The van der Waals surface area contributed by atoms with E-state index in [9.17, 15) is 14.7 Å². The minimum atomic E-state index is -0.234. The molecule has 0 unspecified atom stereocenters. The molecule has 5 rings (SSSR count). The minimum absolute atomic E-state index is 0.000716. The first-order chi connectivity index (χ1) is 14.0. The molecular formula is C22H28N4O3. The number of rotatable bonds is 3. The average molecular weight is 396 g/mol. The maximum atomic E-state index is 13.1. The van der Waals surface area contributed by atoms with E-state index in [1.54, 1.807) is 4.90 Å². The Labute approximate surface area is 170 Å². The van der Waals surface area contributed by atoms with Crippen LogP contribution in [-0.2, 0) is 11.8 Å². The lowest BCUT2D eigenvalue weighted by atomic mass is 9.91. The zero-order chi connectivity index (χ0) is 20.1. The number of piperazine rings is 1. The van der Waals surface area contributed by atoms with Crippen LogP contribution < -0.4 is 0 Å². The molecule has 3 aliphatic rings. The number of aliphatic hydroxyl groups is 1. The van der Waals surface area contributed by atoms with Crippen LogP contribution in [0.3, 0.4) is 0 Å². The third-order valence-corrected chi connectivity index (χ3v) is 6.80. The van der Waals surface area contributed by atoms with Gasteiger partial charge in [0.1, 0.15) is 6.54 Å². The van der Waals surface area contributed by atoms with Crippen molar-refractivity contribution in [2.75, 3.05) is 19.6 Å². The lowest BCUT2D eigenvalue weighted by Crippen LogP contribution is -2.56. The maximum absolute atomic E-state index is 13.1. The molecule has 2 heterocycles. The van der Waals surface area contributed by atoms with Crippen LogP contribution in [0.25, 0.3) is 11.0 Å². The van der Waals surface area contributed by atoms with Gasteiger partial charge in [0.2, 0.25) is 5.91 Å². The second-order valence-electron chi connectivity index (χ2n) is 8.79. The van der Waals surface area contributed by atoms with Crippen molar-refractivity contribution >= 4 is 22.8 Å². The van der Waals surface area contributed by atoms with Gasteiger partial charge in [0.15, 0.2) is 5.82 Å². The number of aryl methyl sites for hydroxylation is 1. The van der Waals surface area contributed by atoms with Gasteiger partial charge in [-0.15, -0.1) is 0 Å². The molecule has 154 valence electrons. The Hall–Kier alpha value is -2.41. The van der Waals surface area contributed by atoms with Crippen LogP contribution in [0.2, 0.25) is 0 Å². The SMILES string of the molecule is Cn1c(C(=O)N2CCN(C3CCC(O)CC3)C(=O)C2)nc2ccc(C3CC3)cc21. The molecule has 3 fully saturated rings. The van der Waals surface area contributed by atoms with Crippen molar-refractivity contribution in [1.82, 2.24) is 19.4 Å². The summed E-state index contributed by atoms with van der Waals surface area (Å²) in [7, 11) is 1.88. The van der Waals surface area contributed by atoms with Crippen molar-refractivity contribution in [2.24, 2.45) is 7.05 Å². The van der Waals surface area contributed by atoms with E-state index in [-0.39, 0.29) is 30.5 Å². The fourth-order valence-electron chi connectivity index (χ4n) is 4.83. The molecule has 2 saturated carbocycles. The number of benzene rings is 1. The Balaban J connectivity index is 1.31. The first kappa shape index (κ1) is 18.6. The predicted molar refractivity (Wildman–Crippen MR) is 109 cm³/mol. The Kier molecular flexibility index (Phi) is 4.57. The zero-order valence-corrected chi connectivity index (χ0v) is 16.9. The number of amides is 2. The largest absolute Gasteiger partial charge is 0.393 e. The smallest absolute Gasteiger partial charge is 0.290 e. The zero-order valence-electron chi connectivity index (χ0n) is 16.9. The highest BCUT2D eigenvalue weighted by atomic mass is 16.3. The third kappa shape index (κ3) is 3.41. The van der Waals surface area contributed by atoms with Gasteiger partial charge in [0.25, 0.3) is 5.91 Å². The van der Waals surface area contributed by atoms with Crippen molar-refractivity contribution in [3.63, 3.8) is 0 Å². The molecule has 7 nitrogen and oxygen atoms in total. The van der Waals surface area contributed by atoms with Gasteiger partial charge in [0.05, 0.1) is 17.1 Å². The van der Waals surface area contributed by atoms with Gasteiger partial charge in [-0.3, -0.25) is 9.59 Å². The summed E-state index contributed by atoms with van der Waals surface area (Å²) in [4.78, 5) is 34.0. The van der Waals surface area contributed by atoms with E-state index in [0.29, 0.717) is 24.8 Å². The fourth-order valence-corrected chi connectivity index (χ4v) is 4.83. The topological polar surface area (TPSA) is 78.7 Å². The summed E-state index contributed by atoms with van der Waals surface area (Å²) in [6.07, 6.45) is 5.43. The van der Waals surface area contributed by atoms with Gasteiger partial charge < -0.3 is 19.5 Å². The van der Waals surface area contributed by atoms with Crippen LogP contribution in [0, 0.1) is 0 Å². The van der Waals surface area contributed by atoms with Crippen LogP contribution in [-0.4, -0.2) is 68.1 Å². The Morgan fingerprint density at radius 3 is 2.55 bits per heavy atom. The summed E-state index contributed by atoms with van der Waals surface area (Å²) in [6.45, 7) is 1.19. The number of hydrogen-bond acceptors (Lipinski definition) is 4. The number of hydrogen-bond donors (Lipinski definition) is 1. The summed E-state index contributed by atoms with van der Waals surface area (Å²) in [6, 6.07) is 6.46. The number of carbonyl (C=O) groups excluding carboxylic acids is 2. The van der Waals surface area contributed by atoms with Crippen molar-refractivity contribution < 1.29 is 14.7 Å². The highest BCUT2D eigenvalue weighted by molar-refractivity contribution is 5.97. The van der Waals surface area contributed by atoms with Gasteiger partial charge in [-0.2, -0.15) is 0 Å². The van der Waals surface area contributed by atoms with Crippen molar-refractivity contribution in [3.05, 3.63) is 29.6 Å². The molecule has 1 aromatic heterocycles. The first-order valence-corrected chi connectivity index (χ1v) is 10.7. The summed E-state index contributed by atoms with van der Waals surface area (Å²) in [5.41, 5.74) is 3.12. The molecule has 0 radical (unpaired) electrons. The first-order valence-electron chi connectivity index (χ1n) is 10.7. The van der Waals surface area contributed by atoms with E-state index in [1.165, 1.54) is 18.4 Å². The van der Waals surface area contributed by atoms with Gasteiger partial charge in [-0.05, 0) is 62.1 Å². The summed E-state index contributed by atoms with van der Waals surface area (Å²) < 4.78 is 1.86. The summed E-state index contributed by atoms with van der Waals surface area (Å²) in [5, 5.41) is 9.70. The maximum Gasteiger partial charge on any atom is 0.290 e. The van der Waals surface area contributed by atoms with Gasteiger partial charge in [-0.25, -0.2) is 4.98 Å². The Morgan fingerprint density at radius 1 is 1.10 bits per heavy atom. The number of fused-ring (bicyclic) bond motifs is 1. The van der Waals surface area contributed by atoms with E-state index in [2.05, 4.69) is 17.1 Å². The van der Waals surface area contributed by atoms with Crippen LogP contribution >= 0.6 is 0 Å². The molecule has 1 N–H and O–H groups in total. The molecule has 0 spiro atoms. The van der Waals surface area contributed by atoms with E-state index in [0.717, 1.165) is 36.7 Å². The van der Waals surface area contributed by atoms with Crippen LogP contribution in [0.4, 0.5) is 0 Å². The number of carbonyl (C=O) groups is 2. The molecule has 2 aromatic rings. The highest BCUT2D eigenvalue weighted by Crippen LogP contribution is 2.40. The second-order valence-corrected chi connectivity index (χ2v) is 8.79. The number of aromatic nitrogens is 2. The average Bonchev–Trinajstić information content (AvgIpc) is 3.52. The number of aliphatic hydroxyl groups excluding tert-OH is 1. The summed E-state index contributed by atoms with van der Waals surface area (Å²) >= 11 is 0. The lowest BCUT2D eigenvalue weighted by Gasteiger charge is -2.41. The van der Waals surface area contributed by atoms with Gasteiger partial charge in [-0.1, -0.05) is 6.07 Å².